The number of rotatable bonds is 6. The molecule has 0 aromatic heterocycles. The smallest absolute Gasteiger partial charge is 0.790 e. The van der Waals surface area contributed by atoms with Crippen molar-refractivity contribution in [2.45, 2.75) is 56.9 Å². The van der Waals surface area contributed by atoms with Crippen LogP contribution < -0.4 is 29.6 Å². The summed E-state index contributed by atoms with van der Waals surface area (Å²) in [7, 11) is -1.00. The van der Waals surface area contributed by atoms with Gasteiger partial charge in [-0.2, -0.15) is 5.25 Å². The molecule has 0 atom stereocenters. The van der Waals surface area contributed by atoms with Gasteiger partial charge in [0.25, 0.3) is 0 Å². The number of thioether (sulfide) groups is 1. The molecule has 2 aromatic carbocycles. The van der Waals surface area contributed by atoms with Crippen molar-refractivity contribution >= 4 is 36.3 Å². The minimum Gasteiger partial charge on any atom is -0.790 e. The number of hydrogen-bond acceptors (Lipinski definition) is 6. The SMILES string of the molecule is CC(C)[S-].CCOC(=O)c1ccc(F)cc1.CCOC(=O)c1ccc(SC(C)C)cc1.[2H]CF.[Na+]. The van der Waals surface area contributed by atoms with Crippen molar-refractivity contribution in [3.63, 3.8) is 0 Å². The van der Waals surface area contributed by atoms with Crippen LogP contribution in [0, 0.1) is 5.82 Å². The molecule has 0 fully saturated rings. The summed E-state index contributed by atoms with van der Waals surface area (Å²) in [5.74, 6) is -1.03. The van der Waals surface area contributed by atoms with Gasteiger partial charge in [-0.15, -0.1) is 11.8 Å². The molecule has 0 saturated heterocycles. The Balaban J connectivity index is -0.000000458. The van der Waals surface area contributed by atoms with Crippen LogP contribution in [-0.4, -0.2) is 42.8 Å². The molecule has 2 aromatic rings. The third-order valence-corrected chi connectivity index (χ3v) is 4.11. The van der Waals surface area contributed by atoms with Gasteiger partial charge in [0.2, 0.25) is 0 Å². The Labute approximate surface area is 236 Å². The van der Waals surface area contributed by atoms with Crippen LogP contribution >= 0.6 is 11.8 Å². The van der Waals surface area contributed by atoms with E-state index in [2.05, 4.69) is 26.5 Å². The van der Waals surface area contributed by atoms with Gasteiger partial charge in [-0.25, -0.2) is 14.0 Å². The molecule has 9 heteroatoms. The van der Waals surface area contributed by atoms with E-state index in [1.54, 1.807) is 25.6 Å². The zero-order valence-electron chi connectivity index (χ0n) is 22.1. The normalized spacial score (nSPS) is 9.56. The van der Waals surface area contributed by atoms with Gasteiger partial charge < -0.3 is 22.1 Å². The van der Waals surface area contributed by atoms with Crippen molar-refractivity contribution in [3.8, 4) is 0 Å². The first kappa shape index (κ1) is 35.1. The summed E-state index contributed by atoms with van der Waals surface area (Å²) in [4.78, 5) is 23.5. The number of esters is 2. The molecule has 0 aliphatic rings. The molecule has 0 N–H and O–H groups in total. The first-order valence-corrected chi connectivity index (χ1v) is 11.7. The van der Waals surface area contributed by atoms with Crippen LogP contribution in [0.15, 0.2) is 53.4 Å². The summed E-state index contributed by atoms with van der Waals surface area (Å²) in [6.07, 6.45) is 0. The summed E-state index contributed by atoms with van der Waals surface area (Å²) < 4.78 is 37.5. The van der Waals surface area contributed by atoms with Crippen LogP contribution in [0.2, 0.25) is 0 Å². The molecule has 2 rings (SSSR count). The van der Waals surface area contributed by atoms with Gasteiger partial charge >= 0.3 is 41.5 Å². The van der Waals surface area contributed by atoms with Gasteiger partial charge in [0, 0.05) is 10.1 Å². The van der Waals surface area contributed by atoms with E-state index in [-0.39, 0.29) is 41.3 Å². The Morgan fingerprint density at radius 1 is 0.912 bits per heavy atom. The van der Waals surface area contributed by atoms with E-state index >= 15 is 0 Å². The number of carbonyl (C=O) groups is 2. The largest absolute Gasteiger partial charge is 1.00 e. The van der Waals surface area contributed by atoms with Gasteiger partial charge in [-0.1, -0.05) is 27.7 Å². The number of ether oxygens (including phenoxy) is 2. The Bertz CT molecular complexity index is 790. The Morgan fingerprint density at radius 3 is 1.53 bits per heavy atom. The van der Waals surface area contributed by atoms with Crippen LogP contribution in [0.1, 0.15) is 63.6 Å². The molecule has 0 saturated carbocycles. The predicted octanol–water partition coefficient (Wildman–Crippen LogP) is 3.90. The fraction of sp³-hybridized carbons (Fsp3) is 0.440. The molecule has 0 aliphatic heterocycles. The summed E-state index contributed by atoms with van der Waals surface area (Å²) in [5, 5.41) is 0.971. The molecule has 0 spiro atoms. The number of alkyl halides is 1. The van der Waals surface area contributed by atoms with Gasteiger partial charge in [0.1, 0.15) is 5.82 Å². The van der Waals surface area contributed by atoms with Crippen LogP contribution in [0.4, 0.5) is 8.78 Å². The fourth-order valence-corrected chi connectivity index (χ4v) is 2.79. The zero-order chi connectivity index (χ0) is 26.5. The molecule has 0 heterocycles. The molecule has 4 nitrogen and oxygen atoms in total. The van der Waals surface area contributed by atoms with Gasteiger partial charge in [0.05, 0.1) is 32.9 Å². The van der Waals surface area contributed by atoms with Crippen LogP contribution in [0.5, 0.6) is 0 Å². The van der Waals surface area contributed by atoms with Gasteiger partial charge in [-0.3, -0.25) is 4.39 Å². The summed E-state index contributed by atoms with van der Waals surface area (Å²) in [6.45, 7) is 12.5. The number of halogens is 2. The minimum absolute atomic E-state index is 0. The standard InChI is InChI=1S/C12H16O2S.C9H9FO2.C3H8S.CH3F.Na/c1-4-14-12(13)10-5-7-11(8-6-10)15-9(2)3;1-2-12-9(11)7-3-5-8(10)6-4-7;1-3(2)4;1-2;/h5-9H,4H2,1-3H3;3-6H,2H2,1H3;3-4H,1-2H3;1H3;/q;;;;+1/p-1/i;;;1D;. The second-order valence-corrected chi connectivity index (χ2v) is 9.28. The molecule has 0 aliphatic carbocycles. The first-order chi connectivity index (χ1) is 16.0. The average molecular weight is 526 g/mol. The van der Waals surface area contributed by atoms with Crippen molar-refractivity contribution in [2.24, 2.45) is 0 Å². The molecule has 0 unspecified atom stereocenters. The van der Waals surface area contributed by atoms with Crippen molar-refractivity contribution in [1.29, 1.82) is 0 Å². The Morgan fingerprint density at radius 2 is 1.24 bits per heavy atom. The van der Waals surface area contributed by atoms with E-state index in [9.17, 15) is 18.4 Å². The maximum Gasteiger partial charge on any atom is 1.00 e. The second-order valence-electron chi connectivity index (χ2n) is 6.69. The summed E-state index contributed by atoms with van der Waals surface area (Å²) in [6, 6.07) is 12.8. The van der Waals surface area contributed by atoms with Crippen LogP contribution in [0.3, 0.4) is 0 Å². The fourth-order valence-electron chi connectivity index (χ4n) is 1.96. The zero-order valence-corrected chi connectivity index (χ0v) is 24.7. The third-order valence-electron chi connectivity index (χ3n) is 3.09. The van der Waals surface area contributed by atoms with E-state index in [0.717, 1.165) is 0 Å². The van der Waals surface area contributed by atoms with Crippen LogP contribution in [0.25, 0.3) is 0 Å². The molecular weight excluding hydrogens is 489 g/mol. The molecule has 186 valence electrons. The first-order valence-electron chi connectivity index (χ1n) is 11.1. The predicted molar refractivity (Wildman–Crippen MR) is 135 cm³/mol. The Hall–Kier alpha value is -1.06. The van der Waals surface area contributed by atoms with Crippen LogP contribution in [-0.2, 0) is 22.1 Å². The molecule has 0 radical (unpaired) electrons. The van der Waals surface area contributed by atoms with Crippen molar-refractivity contribution in [2.75, 3.05) is 20.4 Å². The van der Waals surface area contributed by atoms with Crippen molar-refractivity contribution < 1.29 is 58.8 Å². The molecule has 34 heavy (non-hydrogen) atoms. The van der Waals surface area contributed by atoms with Gasteiger partial charge in [0.15, 0.2) is 0 Å². The van der Waals surface area contributed by atoms with Crippen molar-refractivity contribution in [3.05, 3.63) is 65.5 Å². The van der Waals surface area contributed by atoms with Gasteiger partial charge in [-0.05, 0) is 62.4 Å². The molecule has 0 bridgehead atoms. The summed E-state index contributed by atoms with van der Waals surface area (Å²) >= 11 is 6.40. The van der Waals surface area contributed by atoms with E-state index in [0.29, 0.717) is 34.8 Å². The maximum atomic E-state index is 12.4. The van der Waals surface area contributed by atoms with Crippen molar-refractivity contribution in [1.82, 2.24) is 0 Å². The topological polar surface area (TPSA) is 52.6 Å². The second kappa shape index (κ2) is 23.7. The maximum absolute atomic E-state index is 12.4. The molecule has 0 amide bonds. The van der Waals surface area contributed by atoms with E-state index in [1.165, 1.54) is 29.2 Å². The monoisotopic (exact) mass is 525 g/mol. The van der Waals surface area contributed by atoms with E-state index < -0.39 is 13.1 Å². The quantitative estimate of drug-likeness (QED) is 0.247. The number of benzene rings is 2. The third kappa shape index (κ3) is 20.3. The average Bonchev–Trinajstić information content (AvgIpc) is 2.75. The summed E-state index contributed by atoms with van der Waals surface area (Å²) in [5.41, 5.74) is 0.989. The van der Waals surface area contributed by atoms with E-state index in [4.69, 9.17) is 10.8 Å². The Kier molecular flexibility index (Phi) is 24.4. The number of carbonyl (C=O) groups excluding carboxylic acids is 2. The number of hydrogen-bond donors (Lipinski definition) is 0. The van der Waals surface area contributed by atoms with E-state index in [1.807, 2.05) is 38.1 Å². The molecular formula is C25H35F2NaO4S2. The minimum atomic E-state index is -1.00.